The Morgan fingerprint density at radius 3 is 2.31 bits per heavy atom. The van der Waals surface area contributed by atoms with E-state index in [4.69, 9.17) is 0 Å². The van der Waals surface area contributed by atoms with Crippen LogP contribution in [0.4, 0.5) is 5.69 Å². The molecule has 1 amide bonds. The van der Waals surface area contributed by atoms with Gasteiger partial charge in [0.05, 0.1) is 22.6 Å². The number of carbonyl (C=O) groups excluding carboxylic acids is 1. The van der Waals surface area contributed by atoms with Crippen LogP contribution in [0.25, 0.3) is 0 Å². The molecular weight excluding hydrogens is 204 g/mol. The van der Waals surface area contributed by atoms with Crippen molar-refractivity contribution in [1.29, 1.82) is 0 Å². The number of nitrogens with zero attached hydrogens (tertiary/aromatic N) is 2. The van der Waals surface area contributed by atoms with Gasteiger partial charge in [0.25, 0.3) is 0 Å². The minimum atomic E-state index is -0.589. The fourth-order valence-electron chi connectivity index (χ4n) is 1.34. The standard InChI is InChI=1S/C11H20N4O/c1-7-9(8(2)15(6)14-7)13-10(16)11(3,4)12-5/h12H,1-6H3,(H,13,16). The number of rotatable bonds is 3. The monoisotopic (exact) mass is 224 g/mol. The van der Waals surface area contributed by atoms with Crippen LogP contribution in [0, 0.1) is 13.8 Å². The van der Waals surface area contributed by atoms with Crippen molar-refractivity contribution in [3.05, 3.63) is 11.4 Å². The summed E-state index contributed by atoms with van der Waals surface area (Å²) in [6.45, 7) is 7.49. The van der Waals surface area contributed by atoms with Crippen LogP contribution in [0.5, 0.6) is 0 Å². The molecule has 0 bridgehead atoms. The third-order valence-corrected chi connectivity index (χ3v) is 2.94. The number of likely N-dealkylation sites (N-methyl/N-ethyl adjacent to an activating group) is 1. The lowest BCUT2D eigenvalue weighted by Gasteiger charge is -2.22. The number of hydrogen-bond acceptors (Lipinski definition) is 3. The summed E-state index contributed by atoms with van der Waals surface area (Å²) in [6.07, 6.45) is 0. The molecule has 0 saturated heterocycles. The largest absolute Gasteiger partial charge is 0.321 e. The van der Waals surface area contributed by atoms with Crippen molar-refractivity contribution in [2.45, 2.75) is 33.2 Å². The number of anilines is 1. The lowest BCUT2D eigenvalue weighted by molar-refractivity contribution is -0.121. The van der Waals surface area contributed by atoms with E-state index in [0.717, 1.165) is 17.1 Å². The minimum Gasteiger partial charge on any atom is -0.321 e. The maximum atomic E-state index is 12.0. The van der Waals surface area contributed by atoms with E-state index in [2.05, 4.69) is 15.7 Å². The topological polar surface area (TPSA) is 59.0 Å². The van der Waals surface area contributed by atoms with Gasteiger partial charge >= 0.3 is 0 Å². The van der Waals surface area contributed by atoms with Crippen molar-refractivity contribution in [2.24, 2.45) is 7.05 Å². The number of amides is 1. The molecule has 0 aromatic carbocycles. The van der Waals surface area contributed by atoms with Crippen LogP contribution in [0.15, 0.2) is 0 Å². The summed E-state index contributed by atoms with van der Waals surface area (Å²) in [7, 11) is 3.63. The Kier molecular flexibility index (Phi) is 3.38. The molecule has 0 atom stereocenters. The van der Waals surface area contributed by atoms with E-state index in [9.17, 15) is 4.79 Å². The molecule has 0 saturated carbocycles. The van der Waals surface area contributed by atoms with E-state index in [0.29, 0.717) is 0 Å². The van der Waals surface area contributed by atoms with Crippen molar-refractivity contribution in [3.8, 4) is 0 Å². The van der Waals surface area contributed by atoms with Crippen LogP contribution in [0.2, 0.25) is 0 Å². The zero-order chi connectivity index (χ0) is 12.5. The second-order valence-electron chi connectivity index (χ2n) is 4.50. The van der Waals surface area contributed by atoms with Gasteiger partial charge in [-0.15, -0.1) is 0 Å². The molecule has 0 radical (unpaired) electrons. The Hall–Kier alpha value is -1.36. The highest BCUT2D eigenvalue weighted by molar-refractivity contribution is 5.98. The highest BCUT2D eigenvalue weighted by atomic mass is 16.2. The molecule has 16 heavy (non-hydrogen) atoms. The van der Waals surface area contributed by atoms with Gasteiger partial charge in [-0.2, -0.15) is 5.10 Å². The normalized spacial score (nSPS) is 11.6. The summed E-state index contributed by atoms with van der Waals surface area (Å²) in [5, 5.41) is 10.1. The highest BCUT2D eigenvalue weighted by Gasteiger charge is 2.26. The molecule has 1 aromatic rings. The predicted molar refractivity (Wildman–Crippen MR) is 64.5 cm³/mol. The molecule has 1 aromatic heterocycles. The molecule has 2 N–H and O–H groups in total. The molecule has 0 spiro atoms. The zero-order valence-electron chi connectivity index (χ0n) is 10.8. The van der Waals surface area contributed by atoms with E-state index in [1.807, 2.05) is 34.7 Å². The van der Waals surface area contributed by atoms with Gasteiger partial charge < -0.3 is 10.6 Å². The van der Waals surface area contributed by atoms with Gasteiger partial charge in [0.2, 0.25) is 5.91 Å². The van der Waals surface area contributed by atoms with E-state index < -0.39 is 5.54 Å². The van der Waals surface area contributed by atoms with Crippen LogP contribution in [-0.4, -0.2) is 28.3 Å². The molecule has 0 aliphatic heterocycles. The van der Waals surface area contributed by atoms with Gasteiger partial charge in [-0.1, -0.05) is 0 Å². The molecule has 0 aliphatic rings. The molecule has 0 unspecified atom stereocenters. The number of carbonyl (C=O) groups is 1. The third-order valence-electron chi connectivity index (χ3n) is 2.94. The van der Waals surface area contributed by atoms with Crippen molar-refractivity contribution in [2.75, 3.05) is 12.4 Å². The Balaban J connectivity index is 2.94. The van der Waals surface area contributed by atoms with Crippen LogP contribution in [-0.2, 0) is 11.8 Å². The first-order valence-corrected chi connectivity index (χ1v) is 5.30. The van der Waals surface area contributed by atoms with Gasteiger partial charge in [0.15, 0.2) is 0 Å². The SMILES string of the molecule is CNC(C)(C)C(=O)Nc1c(C)nn(C)c1C. The first-order valence-electron chi connectivity index (χ1n) is 5.30. The van der Waals surface area contributed by atoms with Crippen LogP contribution in [0.3, 0.4) is 0 Å². The molecule has 1 heterocycles. The molecule has 90 valence electrons. The summed E-state index contributed by atoms with van der Waals surface area (Å²) < 4.78 is 1.76. The Morgan fingerprint density at radius 2 is 1.94 bits per heavy atom. The van der Waals surface area contributed by atoms with Gasteiger partial charge in [-0.05, 0) is 34.7 Å². The summed E-state index contributed by atoms with van der Waals surface area (Å²) in [4.78, 5) is 12.0. The lowest BCUT2D eigenvalue weighted by Crippen LogP contribution is -2.48. The lowest BCUT2D eigenvalue weighted by atomic mass is 10.1. The fraction of sp³-hybridized carbons (Fsp3) is 0.636. The average molecular weight is 224 g/mol. The van der Waals surface area contributed by atoms with Crippen LogP contribution < -0.4 is 10.6 Å². The summed E-state index contributed by atoms with van der Waals surface area (Å²) in [5.74, 6) is -0.0609. The number of hydrogen-bond donors (Lipinski definition) is 2. The second-order valence-corrected chi connectivity index (χ2v) is 4.50. The first-order chi connectivity index (χ1) is 7.29. The fourth-order valence-corrected chi connectivity index (χ4v) is 1.34. The van der Waals surface area contributed by atoms with E-state index in [-0.39, 0.29) is 5.91 Å². The Labute approximate surface area is 96.2 Å². The number of nitrogens with one attached hydrogen (secondary N) is 2. The third kappa shape index (κ3) is 2.24. The summed E-state index contributed by atoms with van der Waals surface area (Å²) in [6, 6.07) is 0. The van der Waals surface area contributed by atoms with Crippen molar-refractivity contribution >= 4 is 11.6 Å². The molecule has 5 nitrogen and oxygen atoms in total. The van der Waals surface area contributed by atoms with Crippen molar-refractivity contribution in [1.82, 2.24) is 15.1 Å². The van der Waals surface area contributed by atoms with Gasteiger partial charge in [-0.3, -0.25) is 9.48 Å². The van der Waals surface area contributed by atoms with Crippen molar-refractivity contribution < 1.29 is 4.79 Å². The predicted octanol–water partition coefficient (Wildman–Crippen LogP) is 0.973. The van der Waals surface area contributed by atoms with E-state index >= 15 is 0 Å². The summed E-state index contributed by atoms with van der Waals surface area (Å²) in [5.41, 5.74) is 2.00. The molecule has 1 rings (SSSR count). The molecule has 0 aliphatic carbocycles. The van der Waals surface area contributed by atoms with Crippen LogP contribution >= 0.6 is 0 Å². The summed E-state index contributed by atoms with van der Waals surface area (Å²) >= 11 is 0. The zero-order valence-corrected chi connectivity index (χ0v) is 10.8. The average Bonchev–Trinajstić information content (AvgIpc) is 2.45. The minimum absolute atomic E-state index is 0.0609. The highest BCUT2D eigenvalue weighted by Crippen LogP contribution is 2.19. The van der Waals surface area contributed by atoms with Gasteiger partial charge in [0.1, 0.15) is 0 Å². The van der Waals surface area contributed by atoms with Crippen LogP contribution in [0.1, 0.15) is 25.2 Å². The molecular formula is C11H20N4O. The quantitative estimate of drug-likeness (QED) is 0.804. The Morgan fingerprint density at radius 1 is 1.38 bits per heavy atom. The molecule has 5 heteroatoms. The number of aromatic nitrogens is 2. The molecule has 0 fully saturated rings. The van der Waals surface area contributed by atoms with Gasteiger partial charge in [0, 0.05) is 7.05 Å². The number of aryl methyl sites for hydroxylation is 2. The maximum absolute atomic E-state index is 12.0. The van der Waals surface area contributed by atoms with Crippen molar-refractivity contribution in [3.63, 3.8) is 0 Å². The van der Waals surface area contributed by atoms with Gasteiger partial charge in [-0.25, -0.2) is 0 Å². The first kappa shape index (κ1) is 12.7. The smallest absolute Gasteiger partial charge is 0.244 e. The van der Waals surface area contributed by atoms with E-state index in [1.54, 1.807) is 11.7 Å². The van der Waals surface area contributed by atoms with E-state index in [1.165, 1.54) is 0 Å². The second kappa shape index (κ2) is 4.25. The maximum Gasteiger partial charge on any atom is 0.244 e. The Bertz CT molecular complexity index is 406.